The Morgan fingerprint density at radius 2 is 2.35 bits per heavy atom. The molecule has 0 saturated heterocycles. The number of nitrogens with one attached hydrogen (secondary N) is 1. The fourth-order valence-corrected chi connectivity index (χ4v) is 1.79. The highest BCUT2D eigenvalue weighted by Gasteiger charge is 2.12. The van der Waals surface area contributed by atoms with Gasteiger partial charge in [0.25, 0.3) is 5.91 Å². The summed E-state index contributed by atoms with van der Waals surface area (Å²) >= 11 is 9.07. The van der Waals surface area contributed by atoms with Crippen LogP contribution in [0.4, 0.5) is 0 Å². The number of hydrogen-bond acceptors (Lipinski definition) is 3. The molecule has 94 valence electrons. The summed E-state index contributed by atoms with van der Waals surface area (Å²) in [5.41, 5.74) is 0.217. The lowest BCUT2D eigenvalue weighted by molar-refractivity contribution is 0.0946. The van der Waals surface area contributed by atoms with Gasteiger partial charge in [0.05, 0.1) is 17.5 Å². The lowest BCUT2D eigenvalue weighted by Crippen LogP contribution is -2.31. The third-order valence-corrected chi connectivity index (χ3v) is 2.81. The predicted molar refractivity (Wildman–Crippen MR) is 69.7 cm³/mol. The van der Waals surface area contributed by atoms with Crippen molar-refractivity contribution < 1.29 is 14.6 Å². The Balaban J connectivity index is 2.58. The van der Waals surface area contributed by atoms with Gasteiger partial charge in [-0.05, 0) is 18.2 Å². The highest BCUT2D eigenvalue weighted by Crippen LogP contribution is 2.22. The van der Waals surface area contributed by atoms with Crippen LogP contribution < -0.4 is 5.32 Å². The van der Waals surface area contributed by atoms with Crippen LogP contribution >= 0.6 is 27.5 Å². The van der Waals surface area contributed by atoms with E-state index in [0.717, 1.165) is 0 Å². The highest BCUT2D eigenvalue weighted by molar-refractivity contribution is 9.10. The molecule has 0 aliphatic carbocycles. The number of amides is 1. The van der Waals surface area contributed by atoms with Gasteiger partial charge < -0.3 is 15.2 Å². The molecular formula is C11H13BrClNO3. The molecule has 0 bridgehead atoms. The summed E-state index contributed by atoms with van der Waals surface area (Å²) in [6.45, 7) is 0.637. The van der Waals surface area contributed by atoms with Crippen LogP contribution in [0.2, 0.25) is 0 Å². The maximum absolute atomic E-state index is 11.7. The maximum atomic E-state index is 11.7. The largest absolute Gasteiger partial charge is 0.507 e. The van der Waals surface area contributed by atoms with Gasteiger partial charge in [-0.1, -0.05) is 15.9 Å². The third kappa shape index (κ3) is 4.53. The van der Waals surface area contributed by atoms with Crippen molar-refractivity contribution in [3.8, 4) is 5.75 Å². The number of alkyl halides is 1. The van der Waals surface area contributed by atoms with E-state index in [9.17, 15) is 9.90 Å². The Kier molecular flexibility index (Phi) is 5.74. The summed E-state index contributed by atoms with van der Waals surface area (Å²) in [7, 11) is 1.54. The van der Waals surface area contributed by atoms with Gasteiger partial charge in [0.1, 0.15) is 5.75 Å². The van der Waals surface area contributed by atoms with Crippen molar-refractivity contribution >= 4 is 33.4 Å². The fourth-order valence-electron chi connectivity index (χ4n) is 1.24. The quantitative estimate of drug-likeness (QED) is 0.817. The van der Waals surface area contributed by atoms with Crippen LogP contribution in [0.25, 0.3) is 0 Å². The fraction of sp³-hybridized carbons (Fsp3) is 0.364. The molecule has 1 unspecified atom stereocenters. The van der Waals surface area contributed by atoms with E-state index in [0.29, 0.717) is 11.1 Å². The number of hydrogen-bond donors (Lipinski definition) is 2. The minimum absolute atomic E-state index is 0.0743. The van der Waals surface area contributed by atoms with Crippen LogP contribution in [0, 0.1) is 0 Å². The molecule has 4 nitrogen and oxygen atoms in total. The molecule has 1 atom stereocenters. The molecule has 0 aliphatic rings. The summed E-state index contributed by atoms with van der Waals surface area (Å²) in [4.78, 5) is 11.7. The molecule has 0 saturated carbocycles. The number of benzene rings is 1. The molecule has 17 heavy (non-hydrogen) atoms. The topological polar surface area (TPSA) is 58.6 Å². The third-order valence-electron chi connectivity index (χ3n) is 2.04. The highest BCUT2D eigenvalue weighted by atomic mass is 79.9. The number of ether oxygens (including phenoxy) is 1. The summed E-state index contributed by atoms with van der Waals surface area (Å²) in [6, 6.07) is 4.68. The first kappa shape index (κ1) is 14.3. The van der Waals surface area contributed by atoms with E-state index in [1.807, 2.05) is 0 Å². The zero-order valence-corrected chi connectivity index (χ0v) is 11.6. The average molecular weight is 323 g/mol. The molecule has 1 rings (SSSR count). The molecule has 0 aromatic heterocycles. The Hall–Kier alpha value is -0.780. The van der Waals surface area contributed by atoms with Crippen LogP contribution in [0.5, 0.6) is 5.75 Å². The average Bonchev–Trinajstić information content (AvgIpc) is 2.26. The van der Waals surface area contributed by atoms with Crippen LogP contribution in [-0.4, -0.2) is 36.7 Å². The van der Waals surface area contributed by atoms with E-state index in [1.54, 1.807) is 6.07 Å². The zero-order valence-electron chi connectivity index (χ0n) is 9.24. The number of carbonyl (C=O) groups excluding carboxylic acids is 1. The van der Waals surface area contributed by atoms with Crippen molar-refractivity contribution in [3.63, 3.8) is 0 Å². The van der Waals surface area contributed by atoms with Crippen LogP contribution in [0.15, 0.2) is 22.7 Å². The second kappa shape index (κ2) is 6.83. The number of rotatable bonds is 5. The normalized spacial score (nSPS) is 12.2. The molecule has 0 fully saturated rings. The predicted octanol–water partition coefficient (Wildman–Crippen LogP) is 2.14. The minimum Gasteiger partial charge on any atom is -0.507 e. The number of methoxy groups -OCH3 is 1. The minimum atomic E-state index is -0.364. The van der Waals surface area contributed by atoms with Gasteiger partial charge in [-0.15, -0.1) is 11.6 Å². The van der Waals surface area contributed by atoms with Crippen molar-refractivity contribution in [1.82, 2.24) is 5.32 Å². The summed E-state index contributed by atoms with van der Waals surface area (Å²) < 4.78 is 5.55. The number of halogens is 2. The van der Waals surface area contributed by atoms with E-state index in [4.69, 9.17) is 16.3 Å². The summed E-state index contributed by atoms with van der Waals surface area (Å²) in [5.74, 6) is -0.438. The first-order valence-electron chi connectivity index (χ1n) is 4.94. The second-order valence-corrected chi connectivity index (χ2v) is 4.96. The van der Waals surface area contributed by atoms with E-state index in [1.165, 1.54) is 19.2 Å². The van der Waals surface area contributed by atoms with Gasteiger partial charge in [-0.25, -0.2) is 0 Å². The molecule has 0 radical (unpaired) electrons. The van der Waals surface area contributed by atoms with Crippen LogP contribution in [-0.2, 0) is 4.74 Å². The van der Waals surface area contributed by atoms with E-state index in [2.05, 4.69) is 21.2 Å². The van der Waals surface area contributed by atoms with Crippen molar-refractivity contribution in [2.24, 2.45) is 0 Å². The first-order chi connectivity index (χ1) is 8.04. The molecule has 0 heterocycles. The monoisotopic (exact) mass is 321 g/mol. The van der Waals surface area contributed by atoms with Crippen molar-refractivity contribution in [2.45, 2.75) is 5.38 Å². The first-order valence-corrected chi connectivity index (χ1v) is 6.17. The molecule has 1 amide bonds. The van der Waals surface area contributed by atoms with Gasteiger partial charge in [0.2, 0.25) is 0 Å². The lowest BCUT2D eigenvalue weighted by atomic mass is 10.2. The summed E-state index contributed by atoms with van der Waals surface area (Å²) in [5, 5.41) is 11.9. The Labute approximate surface area is 113 Å². The molecule has 2 N–H and O–H groups in total. The molecule has 0 aliphatic heterocycles. The van der Waals surface area contributed by atoms with Gasteiger partial charge in [-0.2, -0.15) is 0 Å². The van der Waals surface area contributed by atoms with E-state index >= 15 is 0 Å². The van der Waals surface area contributed by atoms with Gasteiger partial charge in [0, 0.05) is 18.1 Å². The number of phenolic OH excluding ortho intramolecular Hbond substituents is 1. The smallest absolute Gasteiger partial charge is 0.255 e. The number of carbonyl (C=O) groups is 1. The second-order valence-electron chi connectivity index (χ2n) is 3.42. The number of aromatic hydroxyl groups is 1. The SMILES string of the molecule is COCC(Cl)CNC(=O)c1ccc(Br)cc1O. The maximum Gasteiger partial charge on any atom is 0.255 e. The molecular weight excluding hydrogens is 309 g/mol. The molecule has 0 spiro atoms. The number of phenols is 1. The van der Waals surface area contributed by atoms with Gasteiger partial charge in [-0.3, -0.25) is 4.79 Å². The Morgan fingerprint density at radius 3 is 2.94 bits per heavy atom. The van der Waals surface area contributed by atoms with Crippen molar-refractivity contribution in [3.05, 3.63) is 28.2 Å². The van der Waals surface area contributed by atoms with E-state index in [-0.39, 0.29) is 29.1 Å². The zero-order chi connectivity index (χ0) is 12.8. The van der Waals surface area contributed by atoms with Crippen molar-refractivity contribution in [2.75, 3.05) is 20.3 Å². The summed E-state index contributed by atoms with van der Waals surface area (Å²) in [6.07, 6.45) is 0. The van der Waals surface area contributed by atoms with Crippen LogP contribution in [0.3, 0.4) is 0 Å². The lowest BCUT2D eigenvalue weighted by Gasteiger charge is -2.10. The van der Waals surface area contributed by atoms with E-state index < -0.39 is 0 Å². The van der Waals surface area contributed by atoms with Crippen molar-refractivity contribution in [1.29, 1.82) is 0 Å². The van der Waals surface area contributed by atoms with Crippen LogP contribution in [0.1, 0.15) is 10.4 Å². The molecule has 6 heteroatoms. The Bertz CT molecular complexity index is 400. The Morgan fingerprint density at radius 1 is 1.65 bits per heavy atom. The molecule has 1 aromatic carbocycles. The van der Waals surface area contributed by atoms with Gasteiger partial charge >= 0.3 is 0 Å². The standard InChI is InChI=1S/C11H13BrClNO3/c1-17-6-8(13)5-14-11(16)9-3-2-7(12)4-10(9)15/h2-4,8,15H,5-6H2,1H3,(H,14,16). The van der Waals surface area contributed by atoms with Gasteiger partial charge in [0.15, 0.2) is 0 Å². The molecule has 1 aromatic rings.